The Bertz CT molecular complexity index is 672. The van der Waals surface area contributed by atoms with Crippen LogP contribution < -0.4 is 10.5 Å². The summed E-state index contributed by atoms with van der Waals surface area (Å²) in [5.74, 6) is -1.06. The van der Waals surface area contributed by atoms with Gasteiger partial charge in [0.15, 0.2) is 0 Å². The second kappa shape index (κ2) is 5.08. The molecule has 1 aromatic carbocycles. The van der Waals surface area contributed by atoms with E-state index in [0.29, 0.717) is 6.07 Å². The van der Waals surface area contributed by atoms with Crippen molar-refractivity contribution in [2.45, 2.75) is 36.0 Å². The van der Waals surface area contributed by atoms with Crippen LogP contribution >= 0.6 is 11.6 Å². The van der Waals surface area contributed by atoms with Crippen LogP contribution in [0.25, 0.3) is 0 Å². The third-order valence-corrected chi connectivity index (χ3v) is 5.17. The molecule has 0 atom stereocenters. The van der Waals surface area contributed by atoms with Crippen LogP contribution in [0, 0.1) is 5.82 Å². The molecule has 0 aromatic heterocycles. The summed E-state index contributed by atoms with van der Waals surface area (Å²) in [7, 11) is -4.53. The number of alkyl halides is 3. The lowest BCUT2D eigenvalue weighted by Gasteiger charge is -2.21. The van der Waals surface area contributed by atoms with Crippen molar-refractivity contribution in [3.63, 3.8) is 0 Å². The van der Waals surface area contributed by atoms with Crippen molar-refractivity contribution >= 4 is 21.6 Å². The summed E-state index contributed by atoms with van der Waals surface area (Å²) >= 11 is 5.58. The topological polar surface area (TPSA) is 72.2 Å². The average Bonchev–Trinajstić information content (AvgIpc) is 3.12. The van der Waals surface area contributed by atoms with Gasteiger partial charge in [-0.3, -0.25) is 0 Å². The monoisotopic (exact) mass is 346 g/mol. The number of rotatable bonds is 4. The van der Waals surface area contributed by atoms with E-state index in [1.165, 1.54) is 0 Å². The Labute approximate surface area is 123 Å². The molecule has 4 nitrogen and oxygen atoms in total. The molecular weight excluding hydrogens is 336 g/mol. The highest BCUT2D eigenvalue weighted by Gasteiger charge is 2.65. The van der Waals surface area contributed by atoms with E-state index >= 15 is 0 Å². The van der Waals surface area contributed by atoms with Crippen LogP contribution in [0.2, 0.25) is 5.02 Å². The Balaban J connectivity index is 2.40. The highest BCUT2D eigenvalue weighted by atomic mass is 35.5. The van der Waals surface area contributed by atoms with Crippen molar-refractivity contribution in [3.8, 4) is 0 Å². The highest BCUT2D eigenvalue weighted by molar-refractivity contribution is 7.89. The Morgan fingerprint density at radius 1 is 1.33 bits per heavy atom. The van der Waals surface area contributed by atoms with E-state index in [-0.39, 0.29) is 30.0 Å². The number of benzene rings is 1. The Kier molecular flexibility index (Phi) is 3.98. The van der Waals surface area contributed by atoms with Gasteiger partial charge in [-0.15, -0.1) is 0 Å². The average molecular weight is 347 g/mol. The van der Waals surface area contributed by atoms with Gasteiger partial charge in [-0.2, -0.15) is 17.9 Å². The molecule has 118 valence electrons. The first-order valence-corrected chi connectivity index (χ1v) is 7.67. The maximum absolute atomic E-state index is 13.5. The molecule has 21 heavy (non-hydrogen) atoms. The zero-order chi connectivity index (χ0) is 16.1. The molecule has 0 spiro atoms. The SMILES string of the molecule is NCc1cc(S(=O)(=O)NC2(C(F)(F)F)CC2)cc(F)c1Cl. The normalized spacial score (nSPS) is 17.8. The number of nitrogens with two attached hydrogens (primary N) is 1. The minimum absolute atomic E-state index is 0.00565. The van der Waals surface area contributed by atoms with Gasteiger partial charge >= 0.3 is 6.18 Å². The fourth-order valence-corrected chi connectivity index (χ4v) is 3.50. The van der Waals surface area contributed by atoms with Gasteiger partial charge < -0.3 is 5.73 Å². The molecule has 0 radical (unpaired) electrons. The quantitative estimate of drug-likeness (QED) is 0.822. The molecule has 0 bridgehead atoms. The number of hydrogen-bond acceptors (Lipinski definition) is 3. The molecule has 1 saturated carbocycles. The summed E-state index contributed by atoms with van der Waals surface area (Å²) in [6, 6.07) is 1.52. The van der Waals surface area contributed by atoms with E-state index in [4.69, 9.17) is 17.3 Å². The predicted molar refractivity (Wildman–Crippen MR) is 67.6 cm³/mol. The van der Waals surface area contributed by atoms with Gasteiger partial charge in [0.25, 0.3) is 0 Å². The number of sulfonamides is 1. The molecule has 0 aliphatic heterocycles. The molecule has 1 aliphatic rings. The summed E-state index contributed by atoms with van der Waals surface area (Å²) in [6.07, 6.45) is -5.41. The minimum atomic E-state index is -4.71. The molecular formula is C11H11ClF4N2O2S. The molecule has 0 heterocycles. The largest absolute Gasteiger partial charge is 0.407 e. The Morgan fingerprint density at radius 2 is 1.90 bits per heavy atom. The van der Waals surface area contributed by atoms with E-state index in [1.54, 1.807) is 4.72 Å². The summed E-state index contributed by atoms with van der Waals surface area (Å²) in [5.41, 5.74) is 2.82. The summed E-state index contributed by atoms with van der Waals surface area (Å²) in [5, 5.41) is -0.353. The van der Waals surface area contributed by atoms with Crippen LogP contribution in [-0.4, -0.2) is 20.1 Å². The molecule has 2 rings (SSSR count). The molecule has 3 N–H and O–H groups in total. The lowest BCUT2D eigenvalue weighted by Crippen LogP contribution is -2.47. The zero-order valence-corrected chi connectivity index (χ0v) is 12.0. The highest BCUT2D eigenvalue weighted by Crippen LogP contribution is 2.49. The molecule has 10 heteroatoms. The third kappa shape index (κ3) is 3.01. The van der Waals surface area contributed by atoms with Crippen LogP contribution in [0.4, 0.5) is 17.6 Å². The predicted octanol–water partition coefficient (Wildman–Crippen LogP) is 2.31. The van der Waals surface area contributed by atoms with Gasteiger partial charge in [-0.25, -0.2) is 12.8 Å². The first-order chi connectivity index (χ1) is 9.52. The minimum Gasteiger partial charge on any atom is -0.326 e. The van der Waals surface area contributed by atoms with Crippen LogP contribution in [0.1, 0.15) is 18.4 Å². The maximum atomic E-state index is 13.5. The van der Waals surface area contributed by atoms with Crippen molar-refractivity contribution in [1.29, 1.82) is 0 Å². The van der Waals surface area contributed by atoms with Gasteiger partial charge in [0.2, 0.25) is 10.0 Å². The maximum Gasteiger partial charge on any atom is 0.407 e. The van der Waals surface area contributed by atoms with Gasteiger partial charge in [0.1, 0.15) is 11.4 Å². The smallest absolute Gasteiger partial charge is 0.326 e. The number of hydrogen-bond donors (Lipinski definition) is 2. The Morgan fingerprint density at radius 3 is 2.33 bits per heavy atom. The van der Waals surface area contributed by atoms with E-state index in [0.717, 1.165) is 6.07 Å². The van der Waals surface area contributed by atoms with Crippen LogP contribution in [0.3, 0.4) is 0 Å². The summed E-state index contributed by atoms with van der Waals surface area (Å²) in [4.78, 5) is -0.639. The molecule has 0 amide bonds. The van der Waals surface area contributed by atoms with Crippen molar-refractivity contribution in [1.82, 2.24) is 4.72 Å². The lowest BCUT2D eigenvalue weighted by atomic mass is 10.2. The second-order valence-corrected chi connectivity index (χ2v) is 6.83. The van der Waals surface area contributed by atoms with Crippen LogP contribution in [0.15, 0.2) is 17.0 Å². The molecule has 1 fully saturated rings. The van der Waals surface area contributed by atoms with E-state index in [9.17, 15) is 26.0 Å². The first kappa shape index (κ1) is 16.5. The molecule has 0 saturated heterocycles. The van der Waals surface area contributed by atoms with Crippen LogP contribution in [-0.2, 0) is 16.6 Å². The standard InChI is InChI=1S/C11H11ClF4N2O2S/c12-9-6(5-17)3-7(4-8(9)13)21(19,20)18-10(1-2-10)11(14,15)16/h3-4,18H,1-2,5,17H2. The fourth-order valence-electron chi connectivity index (χ4n) is 1.81. The van der Waals surface area contributed by atoms with Crippen molar-refractivity contribution < 1.29 is 26.0 Å². The molecule has 1 aromatic rings. The van der Waals surface area contributed by atoms with Crippen LogP contribution in [0.5, 0.6) is 0 Å². The fraction of sp³-hybridized carbons (Fsp3) is 0.455. The van der Waals surface area contributed by atoms with Gasteiger partial charge in [0.05, 0.1) is 9.92 Å². The number of halogens is 5. The number of nitrogens with one attached hydrogen (secondary N) is 1. The zero-order valence-electron chi connectivity index (χ0n) is 10.5. The van der Waals surface area contributed by atoms with Crippen molar-refractivity contribution in [3.05, 3.63) is 28.5 Å². The molecule has 0 unspecified atom stereocenters. The first-order valence-electron chi connectivity index (χ1n) is 5.81. The third-order valence-electron chi connectivity index (χ3n) is 3.23. The van der Waals surface area contributed by atoms with Gasteiger partial charge in [-0.05, 0) is 30.5 Å². The second-order valence-electron chi connectivity index (χ2n) is 4.77. The van der Waals surface area contributed by atoms with E-state index in [1.807, 2.05) is 0 Å². The van der Waals surface area contributed by atoms with Gasteiger partial charge in [0, 0.05) is 6.54 Å². The van der Waals surface area contributed by atoms with Gasteiger partial charge in [-0.1, -0.05) is 11.6 Å². The van der Waals surface area contributed by atoms with Crippen molar-refractivity contribution in [2.75, 3.05) is 0 Å². The molecule has 1 aliphatic carbocycles. The van der Waals surface area contributed by atoms with Crippen molar-refractivity contribution in [2.24, 2.45) is 5.73 Å². The summed E-state index contributed by atoms with van der Waals surface area (Å²) < 4.78 is 77.5. The summed E-state index contributed by atoms with van der Waals surface area (Å²) in [6.45, 7) is -0.247. The lowest BCUT2D eigenvalue weighted by molar-refractivity contribution is -0.160. The van der Waals surface area contributed by atoms with E-state index in [2.05, 4.69) is 0 Å². The Hall–Kier alpha value is -0.900. The van der Waals surface area contributed by atoms with E-state index < -0.39 is 32.5 Å².